The van der Waals surface area contributed by atoms with Crippen LogP contribution in [0.3, 0.4) is 0 Å². The van der Waals surface area contributed by atoms with Gasteiger partial charge in [0.2, 0.25) is 0 Å². The predicted molar refractivity (Wildman–Crippen MR) is 124 cm³/mol. The zero-order chi connectivity index (χ0) is 24.6. The summed E-state index contributed by atoms with van der Waals surface area (Å²) < 4.78 is 22.8. The lowest BCUT2D eigenvalue weighted by Gasteiger charge is -2.43. The van der Waals surface area contributed by atoms with Gasteiger partial charge in [-0.15, -0.1) is 0 Å². The molecule has 2 N–H and O–H groups in total. The summed E-state index contributed by atoms with van der Waals surface area (Å²) >= 11 is 0. The first-order chi connectivity index (χ1) is 17.1. The number of carbonyl (C=O) groups is 2. The van der Waals surface area contributed by atoms with Gasteiger partial charge < -0.3 is 29.2 Å². The molecule has 0 aliphatic carbocycles. The van der Waals surface area contributed by atoms with E-state index < -0.39 is 49.3 Å². The summed E-state index contributed by atoms with van der Waals surface area (Å²) in [7, 11) is 0. The second-order valence-electron chi connectivity index (χ2n) is 7.98. The van der Waals surface area contributed by atoms with E-state index in [4.69, 9.17) is 18.9 Å². The van der Waals surface area contributed by atoms with E-state index in [-0.39, 0.29) is 17.7 Å². The number of rotatable bonds is 8. The average Bonchev–Trinajstić information content (AvgIpc) is 2.91. The summed E-state index contributed by atoms with van der Waals surface area (Å²) in [4.78, 5) is 25.7. The minimum Gasteiger partial charge on any atom is -0.452 e. The van der Waals surface area contributed by atoms with E-state index in [9.17, 15) is 19.8 Å². The molecule has 1 saturated heterocycles. The fraction of sp³-hybridized carbons (Fsp3) is 0.259. The lowest BCUT2D eigenvalue weighted by molar-refractivity contribution is -0.294. The van der Waals surface area contributed by atoms with Gasteiger partial charge in [0.25, 0.3) is 0 Å². The van der Waals surface area contributed by atoms with Crippen molar-refractivity contribution in [3.63, 3.8) is 0 Å². The van der Waals surface area contributed by atoms with Crippen molar-refractivity contribution >= 4 is 11.9 Å². The molecule has 0 amide bonds. The lowest BCUT2D eigenvalue weighted by Crippen LogP contribution is -2.61. The molecule has 1 aliphatic heterocycles. The van der Waals surface area contributed by atoms with Crippen LogP contribution in [-0.2, 0) is 25.6 Å². The van der Waals surface area contributed by atoms with E-state index >= 15 is 0 Å². The maximum atomic E-state index is 12.9. The first-order valence-electron chi connectivity index (χ1n) is 11.2. The van der Waals surface area contributed by atoms with Crippen molar-refractivity contribution in [2.75, 3.05) is 6.61 Å². The Morgan fingerprint density at radius 2 is 1.20 bits per heavy atom. The van der Waals surface area contributed by atoms with Gasteiger partial charge in [-0.25, -0.2) is 9.59 Å². The summed E-state index contributed by atoms with van der Waals surface area (Å²) in [6.45, 7) is -0.407. The topological polar surface area (TPSA) is 112 Å². The monoisotopic (exact) mass is 478 g/mol. The largest absolute Gasteiger partial charge is 0.452 e. The Hall–Kier alpha value is -3.56. The smallest absolute Gasteiger partial charge is 0.338 e. The molecule has 3 aromatic carbocycles. The quantitative estimate of drug-likeness (QED) is 0.476. The van der Waals surface area contributed by atoms with Crippen LogP contribution in [-0.4, -0.2) is 59.5 Å². The Bertz CT molecular complexity index is 1090. The number of benzene rings is 3. The molecule has 0 aromatic heterocycles. The normalized spacial score (nSPS) is 23.9. The molecule has 0 bridgehead atoms. The molecule has 8 heteroatoms. The van der Waals surface area contributed by atoms with Crippen molar-refractivity contribution in [3.05, 3.63) is 108 Å². The van der Waals surface area contributed by atoms with E-state index in [0.717, 1.165) is 5.56 Å². The van der Waals surface area contributed by atoms with Gasteiger partial charge in [0, 0.05) is 0 Å². The van der Waals surface area contributed by atoms with Crippen LogP contribution in [0.4, 0.5) is 0 Å². The third-order valence-corrected chi connectivity index (χ3v) is 5.58. The molecule has 1 aliphatic rings. The van der Waals surface area contributed by atoms with Gasteiger partial charge in [-0.2, -0.15) is 0 Å². The molecule has 1 heterocycles. The zero-order valence-corrected chi connectivity index (χ0v) is 18.8. The maximum absolute atomic E-state index is 12.9. The Morgan fingerprint density at radius 3 is 1.71 bits per heavy atom. The van der Waals surface area contributed by atoms with E-state index in [1.165, 1.54) is 0 Å². The van der Waals surface area contributed by atoms with Crippen LogP contribution in [0.5, 0.6) is 0 Å². The molecule has 0 unspecified atom stereocenters. The molecule has 0 spiro atoms. The van der Waals surface area contributed by atoms with Crippen molar-refractivity contribution in [2.24, 2.45) is 0 Å². The summed E-state index contributed by atoms with van der Waals surface area (Å²) in [5.74, 6) is -1.43. The van der Waals surface area contributed by atoms with E-state index in [0.29, 0.717) is 0 Å². The van der Waals surface area contributed by atoms with Crippen molar-refractivity contribution in [3.8, 4) is 0 Å². The molecule has 0 saturated carbocycles. The minimum absolute atomic E-state index is 0.111. The summed E-state index contributed by atoms with van der Waals surface area (Å²) in [6, 6.07) is 25.7. The molecule has 8 nitrogen and oxygen atoms in total. The first kappa shape index (κ1) is 24.6. The van der Waals surface area contributed by atoms with Gasteiger partial charge in [0.1, 0.15) is 12.2 Å². The molecule has 4 rings (SSSR count). The Morgan fingerprint density at radius 1 is 0.714 bits per heavy atom. The number of aliphatic hydroxyl groups is 2. The van der Waals surface area contributed by atoms with Crippen LogP contribution in [0.15, 0.2) is 91.0 Å². The van der Waals surface area contributed by atoms with Crippen LogP contribution < -0.4 is 0 Å². The van der Waals surface area contributed by atoms with Gasteiger partial charge in [0.15, 0.2) is 18.5 Å². The second kappa shape index (κ2) is 11.7. The molecular formula is C27H26O8. The van der Waals surface area contributed by atoms with Crippen molar-refractivity contribution in [1.82, 2.24) is 0 Å². The Balaban J connectivity index is 1.62. The van der Waals surface area contributed by atoms with E-state index in [1.54, 1.807) is 60.7 Å². The van der Waals surface area contributed by atoms with Gasteiger partial charge >= 0.3 is 11.9 Å². The Labute approximate surface area is 202 Å². The Kier molecular flexibility index (Phi) is 8.23. The van der Waals surface area contributed by atoms with Crippen LogP contribution in [0, 0.1) is 0 Å². The molecule has 182 valence electrons. The fourth-order valence-electron chi connectivity index (χ4n) is 3.80. The van der Waals surface area contributed by atoms with E-state index in [2.05, 4.69) is 0 Å². The van der Waals surface area contributed by atoms with Crippen LogP contribution in [0.1, 0.15) is 26.3 Å². The molecular weight excluding hydrogens is 452 g/mol. The summed E-state index contributed by atoms with van der Waals surface area (Å²) in [5.41, 5.74) is 1.35. The number of hydrogen-bond acceptors (Lipinski definition) is 8. The van der Waals surface area contributed by atoms with Gasteiger partial charge in [-0.1, -0.05) is 66.7 Å². The lowest BCUT2D eigenvalue weighted by atomic mass is 9.98. The highest BCUT2D eigenvalue weighted by molar-refractivity contribution is 5.90. The predicted octanol–water partition coefficient (Wildman–Crippen LogP) is 2.73. The first-order valence-corrected chi connectivity index (χ1v) is 11.2. The van der Waals surface area contributed by atoms with Crippen LogP contribution >= 0.6 is 0 Å². The number of aliphatic hydroxyl groups excluding tert-OH is 2. The van der Waals surface area contributed by atoms with Gasteiger partial charge in [-0.3, -0.25) is 0 Å². The fourth-order valence-corrected chi connectivity index (χ4v) is 3.80. The third-order valence-electron chi connectivity index (χ3n) is 5.58. The second-order valence-corrected chi connectivity index (χ2v) is 7.98. The standard InChI is InChI=1S/C27H26O8/c28-16-21-22(32-17-18-10-4-1-5-11-18)23(34-25(29)19-12-6-2-7-13-19)24(27(31)33-21)35-26(30)20-14-8-3-9-15-20/h1-15,21-24,27-28,31H,16-17H2/t21-,22-,23+,24-,27+/m1/s1. The minimum atomic E-state index is -1.66. The molecule has 5 atom stereocenters. The molecule has 0 radical (unpaired) electrons. The van der Waals surface area contributed by atoms with Crippen molar-refractivity contribution in [2.45, 2.75) is 37.3 Å². The molecule has 35 heavy (non-hydrogen) atoms. The van der Waals surface area contributed by atoms with Crippen LogP contribution in [0.25, 0.3) is 0 Å². The summed E-state index contributed by atoms with van der Waals surface area (Å²) in [6.07, 6.45) is -6.40. The van der Waals surface area contributed by atoms with E-state index in [1.807, 2.05) is 30.3 Å². The number of carbonyl (C=O) groups excluding carboxylic acids is 2. The highest BCUT2D eigenvalue weighted by Gasteiger charge is 2.50. The number of ether oxygens (including phenoxy) is 4. The van der Waals surface area contributed by atoms with Gasteiger partial charge in [0.05, 0.1) is 24.3 Å². The zero-order valence-electron chi connectivity index (χ0n) is 18.8. The highest BCUT2D eigenvalue weighted by Crippen LogP contribution is 2.29. The van der Waals surface area contributed by atoms with Crippen molar-refractivity contribution < 1.29 is 38.7 Å². The SMILES string of the molecule is O=C(O[C@@H]1[C@@H](OC(=O)c2ccccc2)[C@@H](O)O[C@H](CO)[C@H]1OCc1ccccc1)c1ccccc1. The molecule has 1 fully saturated rings. The van der Waals surface area contributed by atoms with Crippen LogP contribution in [0.2, 0.25) is 0 Å². The third kappa shape index (κ3) is 6.12. The van der Waals surface area contributed by atoms with Gasteiger partial charge in [-0.05, 0) is 29.8 Å². The average molecular weight is 478 g/mol. The maximum Gasteiger partial charge on any atom is 0.338 e. The number of hydrogen-bond donors (Lipinski definition) is 2. The summed E-state index contributed by atoms with van der Waals surface area (Å²) in [5, 5.41) is 20.6. The molecule has 3 aromatic rings. The van der Waals surface area contributed by atoms with Crippen molar-refractivity contribution in [1.29, 1.82) is 0 Å². The highest BCUT2D eigenvalue weighted by atomic mass is 16.7. The number of esters is 2.